The number of hydrogen-bond acceptors (Lipinski definition) is 3. The summed E-state index contributed by atoms with van der Waals surface area (Å²) in [7, 11) is 0. The second-order valence-electron chi connectivity index (χ2n) is 4.12. The molecule has 3 nitrogen and oxygen atoms in total. The molecule has 0 unspecified atom stereocenters. The van der Waals surface area contributed by atoms with Gasteiger partial charge >= 0.3 is 0 Å². The van der Waals surface area contributed by atoms with Gasteiger partial charge in [0.05, 0.1) is 0 Å². The maximum atomic E-state index is 9.61. The Labute approximate surface area is 118 Å². The van der Waals surface area contributed by atoms with Crippen LogP contribution in [0.4, 0.5) is 0 Å². The smallest absolute Gasteiger partial charge is 0.161 e. The van der Waals surface area contributed by atoms with Crippen LogP contribution in [-0.4, -0.2) is 5.11 Å². The van der Waals surface area contributed by atoms with Crippen LogP contribution in [0, 0.1) is 0 Å². The van der Waals surface area contributed by atoms with Crippen LogP contribution >= 0.6 is 15.9 Å². The molecule has 3 aromatic rings. The van der Waals surface area contributed by atoms with Crippen molar-refractivity contribution in [2.45, 2.75) is 6.61 Å². The maximum absolute atomic E-state index is 9.61. The fourth-order valence-corrected chi connectivity index (χ4v) is 2.34. The van der Waals surface area contributed by atoms with Crippen LogP contribution in [-0.2, 0) is 6.61 Å². The van der Waals surface area contributed by atoms with Gasteiger partial charge in [0.2, 0.25) is 0 Å². The molecule has 0 radical (unpaired) electrons. The first-order valence-corrected chi connectivity index (χ1v) is 6.61. The number of fused-ring (bicyclic) bond motifs is 1. The normalized spacial score (nSPS) is 10.8. The number of rotatable bonds is 3. The summed E-state index contributed by atoms with van der Waals surface area (Å²) in [5, 5.41) is 10.6. The molecule has 96 valence electrons. The van der Waals surface area contributed by atoms with E-state index in [0.29, 0.717) is 11.5 Å². The molecule has 0 saturated carbocycles. The van der Waals surface area contributed by atoms with Crippen LogP contribution < -0.4 is 4.74 Å². The topological polar surface area (TPSA) is 42.6 Å². The van der Waals surface area contributed by atoms with Gasteiger partial charge in [0, 0.05) is 9.86 Å². The van der Waals surface area contributed by atoms with Crippen molar-refractivity contribution < 1.29 is 14.3 Å². The van der Waals surface area contributed by atoms with E-state index in [0.717, 1.165) is 15.4 Å². The highest BCUT2D eigenvalue weighted by Gasteiger charge is 2.08. The molecule has 0 aliphatic heterocycles. The molecule has 3 rings (SSSR count). The minimum Gasteiger partial charge on any atom is -0.504 e. The zero-order valence-corrected chi connectivity index (χ0v) is 11.6. The number of para-hydroxylation sites is 2. The molecule has 4 heteroatoms. The summed E-state index contributed by atoms with van der Waals surface area (Å²) in [5.74, 6) is 1.28. The predicted octanol–water partition coefficient (Wildman–Crippen LogP) is 4.48. The summed E-state index contributed by atoms with van der Waals surface area (Å²) in [5.41, 5.74) is 0.810. The van der Waals surface area contributed by atoms with Gasteiger partial charge in [-0.3, -0.25) is 0 Å². The standard InChI is InChI=1S/C15H11BrO3/c16-12-4-3-7-14-11(12)8-10(19-14)9-18-15-6-2-1-5-13(15)17/h1-8,17H,9H2. The van der Waals surface area contributed by atoms with Gasteiger partial charge in [-0.15, -0.1) is 0 Å². The predicted molar refractivity (Wildman–Crippen MR) is 76.4 cm³/mol. The number of phenolic OH excluding ortho intramolecular Hbond substituents is 1. The summed E-state index contributed by atoms with van der Waals surface area (Å²) in [6.07, 6.45) is 0. The van der Waals surface area contributed by atoms with Gasteiger partial charge in [0.15, 0.2) is 11.5 Å². The molecule has 0 spiro atoms. The second-order valence-corrected chi connectivity index (χ2v) is 4.98. The van der Waals surface area contributed by atoms with Crippen LogP contribution in [0.15, 0.2) is 57.4 Å². The monoisotopic (exact) mass is 318 g/mol. The van der Waals surface area contributed by atoms with Gasteiger partial charge in [-0.2, -0.15) is 0 Å². The third-order valence-electron chi connectivity index (χ3n) is 2.79. The molecule has 1 heterocycles. The van der Waals surface area contributed by atoms with Crippen molar-refractivity contribution in [3.05, 3.63) is 58.8 Å². The molecular weight excluding hydrogens is 308 g/mol. The van der Waals surface area contributed by atoms with E-state index in [1.807, 2.05) is 30.3 Å². The molecule has 1 aromatic heterocycles. The van der Waals surface area contributed by atoms with Crippen molar-refractivity contribution in [2.75, 3.05) is 0 Å². The molecule has 0 aliphatic rings. The van der Waals surface area contributed by atoms with Gasteiger partial charge < -0.3 is 14.3 Å². The summed E-state index contributed by atoms with van der Waals surface area (Å²) in [4.78, 5) is 0. The van der Waals surface area contributed by atoms with E-state index in [9.17, 15) is 5.11 Å². The minimum absolute atomic E-state index is 0.125. The average Bonchev–Trinajstić information content (AvgIpc) is 2.82. The van der Waals surface area contributed by atoms with Crippen molar-refractivity contribution in [1.82, 2.24) is 0 Å². The van der Waals surface area contributed by atoms with Crippen LogP contribution in [0.3, 0.4) is 0 Å². The summed E-state index contributed by atoms with van der Waals surface area (Å²) < 4.78 is 12.2. The van der Waals surface area contributed by atoms with E-state index >= 15 is 0 Å². The molecular formula is C15H11BrO3. The Hall–Kier alpha value is -1.94. The molecule has 2 aromatic carbocycles. The quantitative estimate of drug-likeness (QED) is 0.774. The Balaban J connectivity index is 1.83. The summed E-state index contributed by atoms with van der Waals surface area (Å²) in [6.45, 7) is 0.276. The lowest BCUT2D eigenvalue weighted by Crippen LogP contribution is -1.93. The number of phenols is 1. The Morgan fingerprint density at radius 1 is 1.11 bits per heavy atom. The Morgan fingerprint density at radius 3 is 2.74 bits per heavy atom. The zero-order chi connectivity index (χ0) is 13.2. The fraction of sp³-hybridized carbons (Fsp3) is 0.0667. The second kappa shape index (κ2) is 4.97. The number of benzene rings is 2. The van der Waals surface area contributed by atoms with Gasteiger partial charge in [0.1, 0.15) is 18.0 Å². The van der Waals surface area contributed by atoms with Gasteiger partial charge in [-0.05, 0) is 30.3 Å². The molecule has 0 saturated heterocycles. The van der Waals surface area contributed by atoms with Crippen molar-refractivity contribution in [3.8, 4) is 11.5 Å². The fourth-order valence-electron chi connectivity index (χ4n) is 1.88. The Morgan fingerprint density at radius 2 is 1.95 bits per heavy atom. The third kappa shape index (κ3) is 2.44. The van der Waals surface area contributed by atoms with Crippen LogP contribution in [0.25, 0.3) is 11.0 Å². The van der Waals surface area contributed by atoms with E-state index in [2.05, 4.69) is 15.9 Å². The average molecular weight is 319 g/mol. The largest absolute Gasteiger partial charge is 0.504 e. The van der Waals surface area contributed by atoms with Crippen molar-refractivity contribution in [3.63, 3.8) is 0 Å². The highest BCUT2D eigenvalue weighted by molar-refractivity contribution is 9.10. The highest BCUT2D eigenvalue weighted by atomic mass is 79.9. The SMILES string of the molecule is Oc1ccccc1OCc1cc2c(Br)cccc2o1. The molecule has 0 fully saturated rings. The first kappa shape index (κ1) is 12.1. The highest BCUT2D eigenvalue weighted by Crippen LogP contribution is 2.29. The molecule has 0 aliphatic carbocycles. The number of hydrogen-bond donors (Lipinski definition) is 1. The first-order chi connectivity index (χ1) is 9.24. The van der Waals surface area contributed by atoms with Crippen molar-refractivity contribution in [2.24, 2.45) is 0 Å². The molecule has 0 atom stereocenters. The zero-order valence-electron chi connectivity index (χ0n) is 9.97. The molecule has 0 bridgehead atoms. The summed E-state index contributed by atoms with van der Waals surface area (Å²) >= 11 is 3.48. The summed E-state index contributed by atoms with van der Waals surface area (Å²) in [6, 6.07) is 14.6. The number of halogens is 1. The number of aromatic hydroxyl groups is 1. The van der Waals surface area contributed by atoms with Crippen LogP contribution in [0.1, 0.15) is 5.76 Å². The lowest BCUT2D eigenvalue weighted by Gasteiger charge is -2.05. The number of furan rings is 1. The van der Waals surface area contributed by atoms with E-state index in [-0.39, 0.29) is 12.4 Å². The van der Waals surface area contributed by atoms with Gasteiger partial charge in [-0.1, -0.05) is 34.1 Å². The minimum atomic E-state index is 0.125. The lowest BCUT2D eigenvalue weighted by atomic mass is 10.2. The van der Waals surface area contributed by atoms with Gasteiger partial charge in [-0.25, -0.2) is 0 Å². The molecule has 0 amide bonds. The maximum Gasteiger partial charge on any atom is 0.161 e. The molecule has 1 N–H and O–H groups in total. The van der Waals surface area contributed by atoms with Crippen LogP contribution in [0.5, 0.6) is 11.5 Å². The third-order valence-corrected chi connectivity index (χ3v) is 3.49. The first-order valence-electron chi connectivity index (χ1n) is 5.82. The number of ether oxygens (including phenoxy) is 1. The van der Waals surface area contributed by atoms with E-state index in [1.165, 1.54) is 0 Å². The van der Waals surface area contributed by atoms with E-state index in [1.54, 1.807) is 18.2 Å². The Kier molecular flexibility index (Phi) is 3.17. The van der Waals surface area contributed by atoms with E-state index in [4.69, 9.17) is 9.15 Å². The lowest BCUT2D eigenvalue weighted by molar-refractivity contribution is 0.262. The van der Waals surface area contributed by atoms with Crippen molar-refractivity contribution >= 4 is 26.9 Å². The van der Waals surface area contributed by atoms with Gasteiger partial charge in [0.25, 0.3) is 0 Å². The van der Waals surface area contributed by atoms with E-state index < -0.39 is 0 Å². The molecule has 19 heavy (non-hydrogen) atoms. The Bertz CT molecular complexity index is 718. The van der Waals surface area contributed by atoms with Crippen LogP contribution in [0.2, 0.25) is 0 Å². The van der Waals surface area contributed by atoms with Crippen molar-refractivity contribution in [1.29, 1.82) is 0 Å².